The highest BCUT2D eigenvalue weighted by atomic mass is 32.1. The minimum atomic E-state index is -0.404. The predicted molar refractivity (Wildman–Crippen MR) is 95.1 cm³/mol. The van der Waals surface area contributed by atoms with Gasteiger partial charge in [-0.3, -0.25) is 19.3 Å². The van der Waals surface area contributed by atoms with Crippen molar-refractivity contribution >= 4 is 35.8 Å². The second-order valence-corrected chi connectivity index (χ2v) is 5.65. The van der Waals surface area contributed by atoms with Gasteiger partial charge in [-0.1, -0.05) is 25.1 Å². The maximum absolute atomic E-state index is 12.2. The number of nitrogens with zero attached hydrogens (tertiary/aromatic N) is 2. The molecule has 23 heavy (non-hydrogen) atoms. The minimum Gasteiger partial charge on any atom is -0.494 e. The summed E-state index contributed by atoms with van der Waals surface area (Å²) < 4.78 is 1.70. The summed E-state index contributed by atoms with van der Waals surface area (Å²) in [6.45, 7) is 4.41. The highest BCUT2D eigenvalue weighted by Crippen LogP contribution is 2.36. The van der Waals surface area contributed by atoms with Gasteiger partial charge in [-0.25, -0.2) is 0 Å². The topological polar surface area (TPSA) is 70.4 Å². The number of hydrogen-bond donors (Lipinski definition) is 2. The van der Waals surface area contributed by atoms with Crippen molar-refractivity contribution in [2.75, 3.05) is 0 Å². The van der Waals surface area contributed by atoms with Crippen LogP contribution in [0.3, 0.4) is 0 Å². The summed E-state index contributed by atoms with van der Waals surface area (Å²) in [4.78, 5) is 19.2. The van der Waals surface area contributed by atoms with E-state index in [0.29, 0.717) is 6.54 Å². The Labute approximate surface area is 138 Å². The van der Waals surface area contributed by atoms with Crippen molar-refractivity contribution in [2.24, 2.45) is 4.99 Å². The van der Waals surface area contributed by atoms with E-state index in [1.54, 1.807) is 12.3 Å². The van der Waals surface area contributed by atoms with Crippen LogP contribution in [-0.4, -0.2) is 20.9 Å². The summed E-state index contributed by atoms with van der Waals surface area (Å²) in [6.07, 6.45) is 4.27. The van der Waals surface area contributed by atoms with Gasteiger partial charge >= 0.3 is 0 Å². The van der Waals surface area contributed by atoms with E-state index in [2.05, 4.69) is 16.9 Å². The standard InChI is InChI=1S/C17H17N3O2S/c1-3-10-6-5-7-12-11(9-18-14(10)12)8-13-15(21)19-17(23)20(4-2)16(13)22/h5-9,22H,3-4H2,1-2H3,(H,19,21,23). The third-order valence-corrected chi connectivity index (χ3v) is 4.29. The Hall–Kier alpha value is -2.47. The number of para-hydroxylation sites is 1. The molecular weight excluding hydrogens is 310 g/mol. The SMILES string of the molecule is CCc1cccc2c1N=CC2=Cc1c(O)n(CC)c(=S)[nH]c1=O. The van der Waals surface area contributed by atoms with Crippen LogP contribution in [0.1, 0.15) is 30.5 Å². The molecule has 0 unspecified atom stereocenters. The molecule has 1 aromatic carbocycles. The molecule has 0 fully saturated rings. The second-order valence-electron chi connectivity index (χ2n) is 5.27. The zero-order chi connectivity index (χ0) is 16.6. The second kappa shape index (κ2) is 5.96. The smallest absolute Gasteiger partial charge is 0.262 e. The summed E-state index contributed by atoms with van der Waals surface area (Å²) in [5.41, 5.74) is 3.64. The van der Waals surface area contributed by atoms with E-state index in [1.165, 1.54) is 4.57 Å². The number of fused-ring (bicyclic) bond motifs is 1. The van der Waals surface area contributed by atoms with Crippen molar-refractivity contribution in [3.8, 4) is 5.88 Å². The first-order valence-corrected chi connectivity index (χ1v) is 7.91. The van der Waals surface area contributed by atoms with Crippen molar-refractivity contribution in [1.82, 2.24) is 9.55 Å². The molecule has 2 aromatic rings. The predicted octanol–water partition coefficient (Wildman–Crippen LogP) is 3.45. The molecule has 1 aromatic heterocycles. The van der Waals surface area contributed by atoms with Crippen LogP contribution < -0.4 is 5.56 Å². The van der Waals surface area contributed by atoms with Crippen LogP contribution in [0.15, 0.2) is 28.0 Å². The number of benzene rings is 1. The molecule has 2 N–H and O–H groups in total. The number of H-pyrrole nitrogens is 1. The molecule has 6 heteroatoms. The Morgan fingerprint density at radius 2 is 2.17 bits per heavy atom. The van der Waals surface area contributed by atoms with Gasteiger partial charge in [0.2, 0.25) is 5.88 Å². The molecule has 3 rings (SSSR count). The van der Waals surface area contributed by atoms with Crippen LogP contribution in [0.25, 0.3) is 11.6 Å². The molecule has 2 heterocycles. The number of aliphatic imine (C=N–C) groups is 1. The van der Waals surface area contributed by atoms with E-state index in [1.807, 2.05) is 25.1 Å². The molecule has 0 aliphatic carbocycles. The normalized spacial score (nSPS) is 14.4. The lowest BCUT2D eigenvalue weighted by molar-refractivity contribution is 0.408. The van der Waals surface area contributed by atoms with Gasteiger partial charge in [0.15, 0.2) is 4.77 Å². The lowest BCUT2D eigenvalue weighted by atomic mass is 10.0. The summed E-state index contributed by atoms with van der Waals surface area (Å²) in [5.74, 6) is -0.123. The number of hydrogen-bond acceptors (Lipinski definition) is 4. The lowest BCUT2D eigenvalue weighted by Crippen LogP contribution is -2.16. The largest absolute Gasteiger partial charge is 0.494 e. The van der Waals surface area contributed by atoms with Crippen molar-refractivity contribution in [2.45, 2.75) is 26.8 Å². The molecule has 0 saturated heterocycles. The van der Waals surface area contributed by atoms with Gasteiger partial charge < -0.3 is 5.11 Å². The first-order valence-electron chi connectivity index (χ1n) is 7.50. The summed E-state index contributed by atoms with van der Waals surface area (Å²) in [6, 6.07) is 5.98. The monoisotopic (exact) mass is 327 g/mol. The first kappa shape index (κ1) is 15.4. The van der Waals surface area contributed by atoms with Crippen LogP contribution in [0.4, 0.5) is 5.69 Å². The summed E-state index contributed by atoms with van der Waals surface area (Å²) >= 11 is 5.06. The van der Waals surface area contributed by atoms with E-state index in [0.717, 1.165) is 28.8 Å². The molecule has 118 valence electrons. The van der Waals surface area contributed by atoms with Gasteiger partial charge in [-0.2, -0.15) is 0 Å². The fourth-order valence-corrected chi connectivity index (χ4v) is 3.04. The number of aromatic nitrogens is 2. The highest BCUT2D eigenvalue weighted by molar-refractivity contribution is 7.71. The molecule has 0 saturated carbocycles. The van der Waals surface area contributed by atoms with E-state index in [-0.39, 0.29) is 16.2 Å². The average Bonchev–Trinajstić information content (AvgIpc) is 2.94. The zero-order valence-electron chi connectivity index (χ0n) is 13.0. The Morgan fingerprint density at radius 3 is 2.87 bits per heavy atom. The zero-order valence-corrected chi connectivity index (χ0v) is 13.8. The van der Waals surface area contributed by atoms with E-state index in [9.17, 15) is 9.90 Å². The van der Waals surface area contributed by atoms with Crippen LogP contribution in [-0.2, 0) is 13.0 Å². The first-order chi connectivity index (χ1) is 11.1. The molecule has 0 atom stereocenters. The van der Waals surface area contributed by atoms with E-state index >= 15 is 0 Å². The number of rotatable bonds is 3. The number of aryl methyl sites for hydroxylation is 1. The molecular formula is C17H17N3O2S. The van der Waals surface area contributed by atoms with E-state index < -0.39 is 5.56 Å². The molecule has 1 aliphatic heterocycles. The fourth-order valence-electron chi connectivity index (χ4n) is 2.73. The fraction of sp³-hybridized carbons (Fsp3) is 0.235. The van der Waals surface area contributed by atoms with Gasteiger partial charge in [0.25, 0.3) is 5.56 Å². The van der Waals surface area contributed by atoms with Gasteiger partial charge in [-0.15, -0.1) is 0 Å². The van der Waals surface area contributed by atoms with E-state index in [4.69, 9.17) is 12.2 Å². The number of nitrogens with one attached hydrogen (secondary N) is 1. The molecule has 0 amide bonds. The van der Waals surface area contributed by atoms with Crippen molar-refractivity contribution in [1.29, 1.82) is 0 Å². The Morgan fingerprint density at radius 1 is 1.39 bits per heavy atom. The van der Waals surface area contributed by atoms with Gasteiger partial charge in [0.1, 0.15) is 5.56 Å². The average molecular weight is 327 g/mol. The number of allylic oxidation sites excluding steroid dienone is 1. The molecule has 0 bridgehead atoms. The van der Waals surface area contributed by atoms with Crippen LogP contribution in [0.2, 0.25) is 0 Å². The van der Waals surface area contributed by atoms with Gasteiger partial charge in [-0.05, 0) is 37.2 Å². The van der Waals surface area contributed by atoms with Crippen molar-refractivity contribution in [3.05, 3.63) is 50.0 Å². The van der Waals surface area contributed by atoms with Gasteiger partial charge in [0.05, 0.1) is 5.69 Å². The Bertz CT molecular complexity index is 951. The van der Waals surface area contributed by atoms with Crippen molar-refractivity contribution in [3.63, 3.8) is 0 Å². The molecule has 1 aliphatic rings. The minimum absolute atomic E-state index is 0.123. The van der Waals surface area contributed by atoms with Crippen molar-refractivity contribution < 1.29 is 5.11 Å². The Kier molecular flexibility index (Phi) is 4.00. The van der Waals surface area contributed by atoms with Gasteiger partial charge in [0, 0.05) is 23.9 Å². The molecule has 0 spiro atoms. The lowest BCUT2D eigenvalue weighted by Gasteiger charge is -2.09. The Balaban J connectivity index is 2.19. The highest BCUT2D eigenvalue weighted by Gasteiger charge is 2.17. The summed E-state index contributed by atoms with van der Waals surface area (Å²) in [7, 11) is 0. The molecule has 0 radical (unpaired) electrons. The molecule has 5 nitrogen and oxygen atoms in total. The third kappa shape index (κ3) is 2.55. The maximum Gasteiger partial charge on any atom is 0.262 e. The maximum atomic E-state index is 12.2. The van der Waals surface area contributed by atoms with Crippen LogP contribution in [0, 0.1) is 4.77 Å². The number of aromatic hydroxyl groups is 1. The quantitative estimate of drug-likeness (QED) is 0.848. The van der Waals surface area contributed by atoms with Crippen LogP contribution >= 0.6 is 12.2 Å². The van der Waals surface area contributed by atoms with Crippen LogP contribution in [0.5, 0.6) is 5.88 Å². The summed E-state index contributed by atoms with van der Waals surface area (Å²) in [5, 5.41) is 10.3. The third-order valence-electron chi connectivity index (χ3n) is 3.97. The number of aromatic amines is 1.